The molecule has 0 amide bonds. The summed E-state index contributed by atoms with van der Waals surface area (Å²) in [5.41, 5.74) is 3.89. The highest BCUT2D eigenvalue weighted by Gasteiger charge is 2.21. The molecule has 0 aromatic carbocycles. The summed E-state index contributed by atoms with van der Waals surface area (Å²) in [6.07, 6.45) is 7.02. The lowest BCUT2D eigenvalue weighted by Crippen LogP contribution is -2.45. The zero-order valence-corrected chi connectivity index (χ0v) is 40.1. The van der Waals surface area contributed by atoms with Gasteiger partial charge in [0.05, 0.1) is 26.3 Å². The first-order valence-corrected chi connectivity index (χ1v) is 22.6. The van der Waals surface area contributed by atoms with Crippen molar-refractivity contribution in [3.8, 4) is 0 Å². The summed E-state index contributed by atoms with van der Waals surface area (Å²) in [4.78, 5) is 86.0. The van der Waals surface area contributed by atoms with Crippen LogP contribution in [-0.4, -0.2) is 207 Å². The maximum absolute atomic E-state index is 9.55. The molecule has 24 heteroatoms. The molecule has 2 aliphatic heterocycles. The molecule has 24 nitrogen and oxygen atoms in total. The minimum absolute atomic E-state index is 0.558. The van der Waals surface area contributed by atoms with Gasteiger partial charge in [-0.3, -0.25) is 9.80 Å². The van der Waals surface area contributed by atoms with Crippen molar-refractivity contribution < 1.29 is 68.9 Å². The number of carboxylic acid groups (broad SMARTS) is 6. The highest BCUT2D eigenvalue weighted by molar-refractivity contribution is 5.90. The number of ether oxygens (including phenoxy) is 2. The Morgan fingerprint density at radius 3 is 1.03 bits per heavy atom. The molecule has 4 aromatic heterocycles. The van der Waals surface area contributed by atoms with Crippen molar-refractivity contribution in [3.05, 3.63) is 84.8 Å². The molecule has 0 aliphatic carbocycles. The van der Waals surface area contributed by atoms with Gasteiger partial charge in [-0.2, -0.15) is 0 Å². The number of pyridine rings is 2. The number of nitrogens with zero attached hydrogens (tertiary/aromatic N) is 10. The van der Waals surface area contributed by atoms with Gasteiger partial charge in [0.1, 0.15) is 22.7 Å². The predicted octanol–water partition coefficient (Wildman–Crippen LogP) is 2.35. The molecule has 0 unspecified atom stereocenters. The van der Waals surface area contributed by atoms with E-state index in [2.05, 4.69) is 52.5 Å². The van der Waals surface area contributed by atoms with E-state index in [4.69, 9.17) is 50.1 Å². The van der Waals surface area contributed by atoms with Crippen LogP contribution in [0, 0.1) is 0 Å². The van der Waals surface area contributed by atoms with Gasteiger partial charge in [0.15, 0.2) is 11.3 Å². The number of likely N-dealkylation sites (N-methyl/N-ethyl adjacent to an activating group) is 2. The van der Waals surface area contributed by atoms with Gasteiger partial charge >= 0.3 is 35.8 Å². The lowest BCUT2D eigenvalue weighted by atomic mass is 10.3. The van der Waals surface area contributed by atoms with Crippen LogP contribution < -0.4 is 0 Å². The molecular weight excluding hydrogens is 917 g/mol. The fourth-order valence-electron chi connectivity index (χ4n) is 6.68. The molecule has 2 aliphatic rings. The summed E-state index contributed by atoms with van der Waals surface area (Å²) in [6, 6.07) is 7.98. The van der Waals surface area contributed by atoms with Crippen molar-refractivity contribution in [1.29, 1.82) is 0 Å². The van der Waals surface area contributed by atoms with E-state index in [0.717, 1.165) is 139 Å². The number of hydrogen-bond donors (Lipinski definition) is 6. The van der Waals surface area contributed by atoms with E-state index in [0.29, 0.717) is 49.7 Å². The van der Waals surface area contributed by atoms with Crippen LogP contribution in [0.5, 0.6) is 0 Å². The molecule has 4 aromatic rings. The van der Waals surface area contributed by atoms with Gasteiger partial charge in [0.25, 0.3) is 0 Å². The van der Waals surface area contributed by atoms with Crippen LogP contribution in [0.25, 0.3) is 22.3 Å². The van der Waals surface area contributed by atoms with E-state index in [9.17, 15) is 28.8 Å². The van der Waals surface area contributed by atoms with Gasteiger partial charge in [-0.05, 0) is 51.2 Å². The Kier molecular flexibility index (Phi) is 28.3. The third-order valence-corrected chi connectivity index (χ3v) is 10.2. The Balaban J connectivity index is 0.000000332. The molecule has 2 fully saturated rings. The lowest BCUT2D eigenvalue weighted by Gasteiger charge is -2.33. The molecule has 6 heterocycles. The van der Waals surface area contributed by atoms with Crippen LogP contribution in [0.4, 0.5) is 0 Å². The van der Waals surface area contributed by atoms with Crippen molar-refractivity contribution in [2.24, 2.45) is 0 Å². The maximum Gasteiger partial charge on any atom is 0.328 e. The molecule has 0 radical (unpaired) electrons. The van der Waals surface area contributed by atoms with E-state index in [1.54, 1.807) is 0 Å². The van der Waals surface area contributed by atoms with Crippen molar-refractivity contribution in [1.82, 2.24) is 48.7 Å². The Labute approximate surface area is 405 Å². The van der Waals surface area contributed by atoms with Gasteiger partial charge < -0.3 is 59.0 Å². The Morgan fingerprint density at radius 2 is 0.771 bits per heavy atom. The van der Waals surface area contributed by atoms with Crippen LogP contribution in [-0.2, 0) is 64.4 Å². The molecule has 0 atom stereocenters. The van der Waals surface area contributed by atoms with Crippen LogP contribution in [0.2, 0.25) is 0 Å². The van der Waals surface area contributed by atoms with Crippen LogP contribution in [0.15, 0.2) is 73.1 Å². The number of hydrogen-bond acceptors (Lipinski definition) is 16. The van der Waals surface area contributed by atoms with Crippen molar-refractivity contribution >= 4 is 58.1 Å². The van der Waals surface area contributed by atoms with Gasteiger partial charge in [0.2, 0.25) is 0 Å². The van der Waals surface area contributed by atoms with E-state index in [-0.39, 0.29) is 0 Å². The van der Waals surface area contributed by atoms with Gasteiger partial charge in [0, 0.05) is 128 Å². The van der Waals surface area contributed by atoms with Crippen LogP contribution >= 0.6 is 0 Å². The molecule has 70 heavy (non-hydrogen) atoms. The number of aliphatic carboxylic acids is 6. The topological polar surface area (TPSA) is 317 Å². The second-order valence-electron chi connectivity index (χ2n) is 14.9. The molecular formula is C46H66N10O14. The Bertz CT molecular complexity index is 2090. The minimum atomic E-state index is -1.26. The van der Waals surface area contributed by atoms with Gasteiger partial charge in [-0.25, -0.2) is 48.7 Å². The van der Waals surface area contributed by atoms with Crippen LogP contribution in [0.1, 0.15) is 39.3 Å². The quantitative estimate of drug-likeness (QED) is 0.0547. The monoisotopic (exact) mass is 982 g/mol. The van der Waals surface area contributed by atoms with E-state index in [1.165, 1.54) is 0 Å². The van der Waals surface area contributed by atoms with Gasteiger partial charge in [-0.1, -0.05) is 13.8 Å². The number of aromatic nitrogens is 6. The molecule has 0 bridgehead atoms. The third kappa shape index (κ3) is 23.9. The third-order valence-electron chi connectivity index (χ3n) is 10.2. The summed E-state index contributed by atoms with van der Waals surface area (Å²) in [6.45, 7) is 26.1. The van der Waals surface area contributed by atoms with Crippen molar-refractivity contribution in [3.63, 3.8) is 0 Å². The number of rotatable bonds is 20. The van der Waals surface area contributed by atoms with E-state index < -0.39 is 35.8 Å². The first-order chi connectivity index (χ1) is 33.5. The number of imidazole rings is 2. The Morgan fingerprint density at radius 1 is 0.486 bits per heavy atom. The first-order valence-electron chi connectivity index (χ1n) is 22.6. The number of carbonyl (C=O) groups is 6. The average molecular weight is 983 g/mol. The summed E-state index contributed by atoms with van der Waals surface area (Å²) in [5.74, 6) is -5.34. The molecule has 0 spiro atoms. The molecule has 6 rings (SSSR count). The smallest absolute Gasteiger partial charge is 0.328 e. The van der Waals surface area contributed by atoms with E-state index in [1.807, 2.05) is 50.5 Å². The highest BCUT2D eigenvalue weighted by Crippen LogP contribution is 2.18. The zero-order chi connectivity index (χ0) is 51.8. The van der Waals surface area contributed by atoms with Gasteiger partial charge in [-0.15, -0.1) is 0 Å². The second kappa shape index (κ2) is 33.5. The second-order valence-corrected chi connectivity index (χ2v) is 14.9. The summed E-state index contributed by atoms with van der Waals surface area (Å²) < 4.78 is 15.5. The van der Waals surface area contributed by atoms with Crippen LogP contribution in [0.3, 0.4) is 0 Å². The minimum Gasteiger partial charge on any atom is -0.478 e. The fraction of sp³-hybridized carbons (Fsp3) is 0.478. The van der Waals surface area contributed by atoms with E-state index >= 15 is 0 Å². The molecule has 0 saturated carbocycles. The zero-order valence-electron chi connectivity index (χ0n) is 40.1. The summed E-state index contributed by atoms with van der Waals surface area (Å²) >= 11 is 0. The Hall–Kier alpha value is -6.96. The summed E-state index contributed by atoms with van der Waals surface area (Å²) in [5, 5.41) is 46.9. The number of piperazine rings is 2. The SMILES string of the molecule is CCOCCn1c(CN2CCN(CC)CC2)nc2cccnc21.CCOCCn1c(CN2CCN(CC)CC2)nc2cccnc21.O=C(O)C=CC(=O)O.O=C(O)C=CC(=O)O.O=C(O)C=CC(=O)O. The standard InChI is InChI=1S/2C17H27N5O.3C4H4O4/c2*1-3-20-8-10-21(11-9-20)14-16-19-15-6-5-7-18-17(15)22(16)12-13-23-4-2;3*5-3(6)1-2-4(7)8/h2*5-7H,3-4,8-14H2,1-2H3;3*1-2H,(H,5,6)(H,7,8). The number of fused-ring (bicyclic) bond motifs is 2. The molecule has 384 valence electrons. The average Bonchev–Trinajstić information content (AvgIpc) is 3.87. The summed E-state index contributed by atoms with van der Waals surface area (Å²) in [7, 11) is 0. The first kappa shape index (κ1) is 59.2. The highest BCUT2D eigenvalue weighted by atomic mass is 16.5. The number of carboxylic acids is 6. The molecule has 2 saturated heterocycles. The lowest BCUT2D eigenvalue weighted by molar-refractivity contribution is -0.134. The largest absolute Gasteiger partial charge is 0.478 e. The predicted molar refractivity (Wildman–Crippen MR) is 256 cm³/mol. The van der Waals surface area contributed by atoms with Crippen molar-refractivity contribution in [2.75, 3.05) is 91.9 Å². The fourth-order valence-corrected chi connectivity index (χ4v) is 6.68. The maximum atomic E-state index is 9.55. The normalized spacial score (nSPS) is 14.5. The van der Waals surface area contributed by atoms with Crippen molar-refractivity contribution in [2.45, 2.75) is 53.9 Å². The molecule has 6 N–H and O–H groups in total.